The van der Waals surface area contributed by atoms with Crippen LogP contribution in [0.1, 0.15) is 58.1 Å². The van der Waals surface area contributed by atoms with Gasteiger partial charge >= 0.3 is 6.03 Å². The van der Waals surface area contributed by atoms with Crippen molar-refractivity contribution in [2.75, 3.05) is 10.6 Å². The van der Waals surface area contributed by atoms with Gasteiger partial charge in [0.1, 0.15) is 0 Å². The Morgan fingerprint density at radius 1 is 1.00 bits per heavy atom. The fourth-order valence-corrected chi connectivity index (χ4v) is 4.32. The number of carbonyl (C=O) groups excluding carboxylic acids is 1. The summed E-state index contributed by atoms with van der Waals surface area (Å²) in [6.07, 6.45) is 10.7. The average Bonchev–Trinajstić information content (AvgIpc) is 3.17. The van der Waals surface area contributed by atoms with Gasteiger partial charge in [-0.25, -0.2) is 4.79 Å². The van der Waals surface area contributed by atoms with E-state index in [0.29, 0.717) is 18.3 Å². The van der Waals surface area contributed by atoms with Crippen molar-refractivity contribution in [2.24, 2.45) is 0 Å². The van der Waals surface area contributed by atoms with Gasteiger partial charge in [0.25, 0.3) is 0 Å². The van der Waals surface area contributed by atoms with Gasteiger partial charge in [0.2, 0.25) is 0 Å². The molecule has 2 aromatic heterocycles. The molecule has 160 valence electrons. The van der Waals surface area contributed by atoms with Crippen molar-refractivity contribution in [3.8, 4) is 0 Å². The van der Waals surface area contributed by atoms with Crippen LogP contribution in [0.3, 0.4) is 0 Å². The van der Waals surface area contributed by atoms with Gasteiger partial charge in [0, 0.05) is 23.5 Å². The second-order valence-electron chi connectivity index (χ2n) is 7.88. The van der Waals surface area contributed by atoms with E-state index in [9.17, 15) is 4.79 Å². The number of anilines is 2. The fraction of sp³-hybridized carbons (Fsp3) is 0.417. The van der Waals surface area contributed by atoms with Gasteiger partial charge in [-0.1, -0.05) is 70.6 Å². The molecule has 1 fully saturated rings. The number of fused-ring (bicyclic) bond motifs is 1. The van der Waals surface area contributed by atoms with Gasteiger partial charge in [-0.3, -0.25) is 10.3 Å². The zero-order valence-corrected chi connectivity index (χ0v) is 18.7. The SMILES string of the molecule is C1CCCCC1.CC(C)NCc1ncccc1NC(=O)Nc1cc2ccccc2s1. The van der Waals surface area contributed by atoms with Crippen LogP contribution in [0.15, 0.2) is 48.7 Å². The molecule has 1 aliphatic carbocycles. The maximum Gasteiger partial charge on any atom is 0.324 e. The second kappa shape index (κ2) is 11.7. The number of urea groups is 1. The number of benzene rings is 1. The summed E-state index contributed by atoms with van der Waals surface area (Å²) in [7, 11) is 0. The Morgan fingerprint density at radius 3 is 2.37 bits per heavy atom. The van der Waals surface area contributed by atoms with Gasteiger partial charge in [-0.2, -0.15) is 0 Å². The van der Waals surface area contributed by atoms with Crippen LogP contribution in [-0.4, -0.2) is 17.1 Å². The molecular weight excluding hydrogens is 392 g/mol. The first-order valence-electron chi connectivity index (χ1n) is 10.9. The third-order valence-electron chi connectivity index (χ3n) is 4.98. The van der Waals surface area contributed by atoms with Crippen LogP contribution in [-0.2, 0) is 6.54 Å². The van der Waals surface area contributed by atoms with E-state index in [1.807, 2.05) is 42.5 Å². The van der Waals surface area contributed by atoms with E-state index in [-0.39, 0.29) is 6.03 Å². The topological polar surface area (TPSA) is 66.0 Å². The maximum atomic E-state index is 12.3. The molecule has 0 bridgehead atoms. The lowest BCUT2D eigenvalue weighted by Gasteiger charge is -2.12. The van der Waals surface area contributed by atoms with E-state index < -0.39 is 0 Å². The largest absolute Gasteiger partial charge is 0.324 e. The summed E-state index contributed by atoms with van der Waals surface area (Å²) in [6, 6.07) is 13.8. The molecule has 0 aliphatic heterocycles. The second-order valence-corrected chi connectivity index (χ2v) is 8.97. The molecule has 6 heteroatoms. The first-order chi connectivity index (χ1) is 14.6. The summed E-state index contributed by atoms with van der Waals surface area (Å²) in [6.45, 7) is 4.76. The molecule has 3 aromatic rings. The third-order valence-corrected chi connectivity index (χ3v) is 6.01. The zero-order chi connectivity index (χ0) is 21.2. The molecule has 0 spiro atoms. The Balaban J connectivity index is 0.000000367. The summed E-state index contributed by atoms with van der Waals surface area (Å²) in [5.41, 5.74) is 1.53. The van der Waals surface area contributed by atoms with E-state index >= 15 is 0 Å². The highest BCUT2D eigenvalue weighted by atomic mass is 32.1. The minimum atomic E-state index is -0.264. The van der Waals surface area contributed by atoms with Crippen molar-refractivity contribution < 1.29 is 4.79 Å². The quantitative estimate of drug-likeness (QED) is 0.423. The molecule has 4 rings (SSSR count). The number of carbonyl (C=O) groups is 1. The number of aromatic nitrogens is 1. The van der Waals surface area contributed by atoms with Crippen molar-refractivity contribution in [1.29, 1.82) is 0 Å². The average molecular weight is 425 g/mol. The normalized spacial score (nSPS) is 13.6. The lowest BCUT2D eigenvalue weighted by atomic mass is 10.0. The Kier molecular flexibility index (Phi) is 8.66. The minimum Gasteiger partial charge on any atom is -0.309 e. The Hall–Kier alpha value is -2.44. The van der Waals surface area contributed by atoms with Crippen LogP contribution < -0.4 is 16.0 Å². The molecule has 0 atom stereocenters. The Labute approximate surface area is 183 Å². The number of rotatable bonds is 5. The van der Waals surface area contributed by atoms with Crippen molar-refractivity contribution in [2.45, 2.75) is 65.0 Å². The molecule has 2 heterocycles. The van der Waals surface area contributed by atoms with E-state index in [4.69, 9.17) is 0 Å². The van der Waals surface area contributed by atoms with Gasteiger partial charge in [-0.15, -0.1) is 11.3 Å². The smallest absolute Gasteiger partial charge is 0.309 e. The van der Waals surface area contributed by atoms with E-state index in [2.05, 4.69) is 34.8 Å². The summed E-state index contributed by atoms with van der Waals surface area (Å²) < 4.78 is 1.15. The predicted octanol–water partition coefficient (Wildman–Crippen LogP) is 6.78. The molecule has 3 N–H and O–H groups in total. The summed E-state index contributed by atoms with van der Waals surface area (Å²) in [5, 5.41) is 11.0. The van der Waals surface area contributed by atoms with Crippen molar-refractivity contribution in [3.05, 3.63) is 54.4 Å². The number of hydrogen-bond donors (Lipinski definition) is 3. The molecule has 1 aliphatic rings. The van der Waals surface area contributed by atoms with Crippen LogP contribution >= 0.6 is 11.3 Å². The molecule has 5 nitrogen and oxygen atoms in total. The predicted molar refractivity (Wildman–Crippen MR) is 128 cm³/mol. The van der Waals surface area contributed by atoms with E-state index in [1.54, 1.807) is 17.5 Å². The lowest BCUT2D eigenvalue weighted by molar-refractivity contribution is 0.262. The van der Waals surface area contributed by atoms with Gasteiger partial charge in [0.05, 0.1) is 16.4 Å². The van der Waals surface area contributed by atoms with Gasteiger partial charge in [-0.05, 0) is 29.7 Å². The van der Waals surface area contributed by atoms with E-state index in [1.165, 1.54) is 38.5 Å². The summed E-state index contributed by atoms with van der Waals surface area (Å²) in [4.78, 5) is 16.6. The monoisotopic (exact) mass is 424 g/mol. The maximum absolute atomic E-state index is 12.3. The molecule has 30 heavy (non-hydrogen) atoms. The number of hydrogen-bond acceptors (Lipinski definition) is 4. The van der Waals surface area contributed by atoms with Crippen LogP contribution in [0.25, 0.3) is 10.1 Å². The lowest BCUT2D eigenvalue weighted by Crippen LogP contribution is -2.25. The highest BCUT2D eigenvalue weighted by molar-refractivity contribution is 7.22. The van der Waals surface area contributed by atoms with E-state index in [0.717, 1.165) is 20.8 Å². The van der Waals surface area contributed by atoms with Gasteiger partial charge in [0.15, 0.2) is 0 Å². The molecule has 0 radical (unpaired) electrons. The number of thiophene rings is 1. The van der Waals surface area contributed by atoms with Gasteiger partial charge < -0.3 is 10.6 Å². The number of nitrogens with one attached hydrogen (secondary N) is 3. The summed E-state index contributed by atoms with van der Waals surface area (Å²) >= 11 is 1.55. The van der Waals surface area contributed by atoms with Crippen molar-refractivity contribution >= 4 is 38.1 Å². The van der Waals surface area contributed by atoms with Crippen molar-refractivity contribution in [1.82, 2.24) is 10.3 Å². The summed E-state index contributed by atoms with van der Waals surface area (Å²) in [5.74, 6) is 0. The third kappa shape index (κ3) is 7.11. The Morgan fingerprint density at radius 2 is 1.70 bits per heavy atom. The first-order valence-corrected chi connectivity index (χ1v) is 11.7. The van der Waals surface area contributed by atoms with Crippen LogP contribution in [0.4, 0.5) is 15.5 Å². The zero-order valence-electron chi connectivity index (χ0n) is 17.9. The van der Waals surface area contributed by atoms with Crippen molar-refractivity contribution in [3.63, 3.8) is 0 Å². The molecule has 0 saturated heterocycles. The van der Waals surface area contributed by atoms with Crippen LogP contribution in [0, 0.1) is 0 Å². The van der Waals surface area contributed by atoms with Crippen LogP contribution in [0.2, 0.25) is 0 Å². The molecule has 1 saturated carbocycles. The molecule has 2 amide bonds. The number of pyridine rings is 1. The Bertz CT molecular complexity index is 889. The van der Waals surface area contributed by atoms with Crippen LogP contribution in [0.5, 0.6) is 0 Å². The first kappa shape index (κ1) is 22.2. The minimum absolute atomic E-state index is 0.264. The standard InChI is InChI=1S/C18H20N4OS.C6H12/c1-12(2)20-11-15-14(7-5-9-19-15)21-18(23)22-17-10-13-6-3-4-8-16(13)24-17;1-2-4-6-5-3-1/h3-10,12,20H,11H2,1-2H3,(H2,21,22,23);1-6H2. The fourth-order valence-electron chi connectivity index (χ4n) is 3.36. The molecular formula is C24H32N4OS. The highest BCUT2D eigenvalue weighted by Gasteiger charge is 2.10. The molecule has 0 unspecified atom stereocenters. The molecule has 1 aromatic carbocycles. The number of amides is 2. The highest BCUT2D eigenvalue weighted by Crippen LogP contribution is 2.29. The number of nitrogens with zero attached hydrogens (tertiary/aromatic N) is 1.